The maximum absolute atomic E-state index is 4.65. The molecule has 0 aliphatic heterocycles. The first-order valence-corrected chi connectivity index (χ1v) is 10.9. The molecule has 0 aliphatic rings. The normalized spacial score (nSPS) is 13.1. The van der Waals surface area contributed by atoms with Crippen molar-refractivity contribution in [3.63, 3.8) is 0 Å². The fourth-order valence-corrected chi connectivity index (χ4v) is 3.18. The van der Waals surface area contributed by atoms with Crippen molar-refractivity contribution in [1.29, 1.82) is 0 Å². The maximum Gasteiger partial charge on any atom is 0.121 e. The number of hydrogen-bond acceptors (Lipinski definition) is 6. The van der Waals surface area contributed by atoms with Gasteiger partial charge in [0.05, 0.1) is 22.8 Å². The molecule has 166 valence electrons. The number of hydrogen-bond donors (Lipinski definition) is 0. The van der Waals surface area contributed by atoms with Crippen LogP contribution in [-0.2, 0) is 0 Å². The van der Waals surface area contributed by atoms with Gasteiger partial charge in [-0.15, -0.1) is 10.2 Å². The Hall–Kier alpha value is -4.58. The van der Waals surface area contributed by atoms with E-state index >= 15 is 0 Å². The zero-order valence-electron chi connectivity index (χ0n) is 19.1. The summed E-state index contributed by atoms with van der Waals surface area (Å²) in [6.45, 7) is 3.77. The quantitative estimate of drug-likeness (QED) is 0.275. The topological polar surface area (TPSA) is 75.2 Å². The van der Waals surface area contributed by atoms with Crippen molar-refractivity contribution in [2.75, 3.05) is 0 Å². The Morgan fingerprint density at radius 1 is 0.471 bits per heavy atom. The lowest BCUT2D eigenvalue weighted by Crippen LogP contribution is -2.17. The molecule has 6 nitrogen and oxygen atoms in total. The smallest absolute Gasteiger partial charge is 0.121 e. The molecule has 34 heavy (non-hydrogen) atoms. The van der Waals surface area contributed by atoms with Gasteiger partial charge in [-0.1, -0.05) is 72.8 Å². The fourth-order valence-electron chi connectivity index (χ4n) is 3.18. The summed E-state index contributed by atoms with van der Waals surface area (Å²) in [6.07, 6.45) is 3.48. The van der Waals surface area contributed by atoms with Crippen LogP contribution in [0.1, 0.15) is 36.4 Å². The molecule has 0 atom stereocenters. The molecule has 0 fully saturated rings. The van der Waals surface area contributed by atoms with Crippen molar-refractivity contribution < 1.29 is 0 Å². The summed E-state index contributed by atoms with van der Waals surface area (Å²) < 4.78 is 0. The van der Waals surface area contributed by atoms with E-state index in [1.807, 2.05) is 111 Å². The number of pyridine rings is 2. The molecular weight excluding hydrogens is 420 g/mol. The van der Waals surface area contributed by atoms with Gasteiger partial charge in [0.1, 0.15) is 11.4 Å². The summed E-state index contributed by atoms with van der Waals surface area (Å²) in [6, 6.07) is 31.1. The second-order valence-corrected chi connectivity index (χ2v) is 7.43. The summed E-state index contributed by atoms with van der Waals surface area (Å²) in [7, 11) is 0. The highest BCUT2D eigenvalue weighted by molar-refractivity contribution is 6.53. The second kappa shape index (κ2) is 11.3. The summed E-state index contributed by atoms with van der Waals surface area (Å²) in [5.74, 6) is 0. The van der Waals surface area contributed by atoms with Gasteiger partial charge in [-0.25, -0.2) is 0 Å². The van der Waals surface area contributed by atoms with Crippen LogP contribution in [0.5, 0.6) is 0 Å². The molecule has 2 aromatic heterocycles. The van der Waals surface area contributed by atoms with E-state index in [9.17, 15) is 0 Å². The molecular formula is C28H24N6. The zero-order chi connectivity index (χ0) is 23.6. The van der Waals surface area contributed by atoms with Crippen LogP contribution in [0.25, 0.3) is 0 Å². The molecule has 0 aliphatic carbocycles. The van der Waals surface area contributed by atoms with Crippen molar-refractivity contribution in [3.8, 4) is 0 Å². The van der Waals surface area contributed by atoms with E-state index in [0.29, 0.717) is 22.8 Å². The third-order valence-corrected chi connectivity index (χ3v) is 4.99. The van der Waals surface area contributed by atoms with Gasteiger partial charge < -0.3 is 0 Å². The third kappa shape index (κ3) is 5.81. The molecule has 4 rings (SSSR count). The summed E-state index contributed by atoms with van der Waals surface area (Å²) >= 11 is 0. The van der Waals surface area contributed by atoms with Crippen molar-refractivity contribution in [2.24, 2.45) is 20.4 Å². The highest BCUT2D eigenvalue weighted by atomic mass is 15.2. The summed E-state index contributed by atoms with van der Waals surface area (Å²) in [5, 5.41) is 18.3. The fraction of sp³-hybridized carbons (Fsp3) is 0.0714. The van der Waals surface area contributed by atoms with E-state index in [0.717, 1.165) is 22.5 Å². The van der Waals surface area contributed by atoms with E-state index < -0.39 is 0 Å². The van der Waals surface area contributed by atoms with Crippen LogP contribution in [0.15, 0.2) is 130 Å². The number of aromatic nitrogens is 2. The molecule has 0 bridgehead atoms. The summed E-state index contributed by atoms with van der Waals surface area (Å²) in [5.41, 5.74) is 5.92. The van der Waals surface area contributed by atoms with Crippen LogP contribution >= 0.6 is 0 Å². The lowest BCUT2D eigenvalue weighted by atomic mass is 10.00. The maximum atomic E-state index is 4.65. The SMILES string of the molecule is C\C(=N/N=C(\C(=N/N=C(\C)c1ccccn1)c1ccccc1)c1ccccc1)c1ccccn1. The molecule has 0 saturated heterocycles. The zero-order valence-corrected chi connectivity index (χ0v) is 19.1. The predicted molar refractivity (Wildman–Crippen MR) is 139 cm³/mol. The van der Waals surface area contributed by atoms with Gasteiger partial charge >= 0.3 is 0 Å². The Morgan fingerprint density at radius 3 is 1.21 bits per heavy atom. The van der Waals surface area contributed by atoms with Crippen molar-refractivity contribution in [2.45, 2.75) is 13.8 Å². The van der Waals surface area contributed by atoms with E-state index in [2.05, 4.69) is 30.4 Å². The molecule has 0 spiro atoms. The Morgan fingerprint density at radius 2 is 0.853 bits per heavy atom. The average molecular weight is 445 g/mol. The first-order chi connectivity index (χ1) is 16.7. The number of rotatable bonds is 7. The molecule has 6 heteroatoms. The van der Waals surface area contributed by atoms with E-state index in [1.165, 1.54) is 0 Å². The van der Waals surface area contributed by atoms with Gasteiger partial charge in [0, 0.05) is 23.5 Å². The lowest BCUT2D eigenvalue weighted by Gasteiger charge is -2.09. The minimum Gasteiger partial charge on any atom is -0.255 e. The molecule has 4 aromatic rings. The molecule has 2 heterocycles. The van der Waals surface area contributed by atoms with Crippen LogP contribution < -0.4 is 0 Å². The van der Waals surface area contributed by atoms with E-state index in [4.69, 9.17) is 0 Å². The first-order valence-electron chi connectivity index (χ1n) is 10.9. The highest BCUT2D eigenvalue weighted by Crippen LogP contribution is 2.12. The van der Waals surface area contributed by atoms with Crippen molar-refractivity contribution in [3.05, 3.63) is 132 Å². The minimum atomic E-state index is 0.611. The first kappa shape index (κ1) is 22.6. The molecule has 0 unspecified atom stereocenters. The predicted octanol–water partition coefficient (Wildman–Crippen LogP) is 5.60. The second-order valence-electron chi connectivity index (χ2n) is 7.43. The average Bonchev–Trinajstić information content (AvgIpc) is 2.92. The van der Waals surface area contributed by atoms with Gasteiger partial charge in [-0.2, -0.15) is 10.2 Å². The van der Waals surface area contributed by atoms with Gasteiger partial charge in [0.25, 0.3) is 0 Å². The van der Waals surface area contributed by atoms with E-state index in [1.54, 1.807) is 12.4 Å². The molecule has 0 saturated carbocycles. The number of nitrogens with zero attached hydrogens (tertiary/aromatic N) is 6. The van der Waals surface area contributed by atoms with Crippen LogP contribution in [0, 0.1) is 0 Å². The highest BCUT2D eigenvalue weighted by Gasteiger charge is 2.15. The molecule has 0 N–H and O–H groups in total. The van der Waals surface area contributed by atoms with Gasteiger partial charge in [0.15, 0.2) is 0 Å². The molecule has 0 radical (unpaired) electrons. The van der Waals surface area contributed by atoms with E-state index in [-0.39, 0.29) is 0 Å². The molecule has 0 amide bonds. The van der Waals surface area contributed by atoms with Crippen molar-refractivity contribution in [1.82, 2.24) is 9.97 Å². The third-order valence-electron chi connectivity index (χ3n) is 4.99. The minimum absolute atomic E-state index is 0.611. The Bertz CT molecular complexity index is 1220. The lowest BCUT2D eigenvalue weighted by molar-refractivity contribution is 1.18. The summed E-state index contributed by atoms with van der Waals surface area (Å²) in [4.78, 5) is 8.73. The van der Waals surface area contributed by atoms with Gasteiger partial charge in [-0.05, 0) is 38.1 Å². The molecule has 2 aromatic carbocycles. The standard InChI is InChI=1S/C28H24N6/c1-21(25-17-9-11-19-29-25)31-33-27(23-13-5-3-6-14-23)28(24-15-7-4-8-16-24)34-32-22(2)26-18-10-12-20-30-26/h3-20H,1-2H3/b31-21+,32-22+,33-27-,34-28-. The van der Waals surface area contributed by atoms with Crippen LogP contribution in [-0.4, -0.2) is 32.8 Å². The Balaban J connectivity index is 1.85. The van der Waals surface area contributed by atoms with Crippen LogP contribution in [0.2, 0.25) is 0 Å². The van der Waals surface area contributed by atoms with Gasteiger partial charge in [-0.3, -0.25) is 9.97 Å². The Labute approximate surface area is 199 Å². The van der Waals surface area contributed by atoms with Crippen molar-refractivity contribution >= 4 is 22.8 Å². The monoisotopic (exact) mass is 444 g/mol. The largest absolute Gasteiger partial charge is 0.255 e. The number of benzene rings is 2. The van der Waals surface area contributed by atoms with Gasteiger partial charge in [0.2, 0.25) is 0 Å². The Kier molecular flexibility index (Phi) is 7.54. The van der Waals surface area contributed by atoms with Crippen LogP contribution in [0.4, 0.5) is 0 Å². The van der Waals surface area contributed by atoms with Crippen LogP contribution in [0.3, 0.4) is 0 Å².